The average Bonchev–Trinajstić information content (AvgIpc) is 2.23. The minimum absolute atomic E-state index is 0.537. The minimum atomic E-state index is 0.537. The molecule has 3 heteroatoms. The fraction of sp³-hybridized carbons (Fsp3) is 0. The summed E-state index contributed by atoms with van der Waals surface area (Å²) >= 11 is 11.7. The summed E-state index contributed by atoms with van der Waals surface area (Å²) in [5.41, 5.74) is 1.78. The second-order valence-corrected chi connectivity index (χ2v) is 3.60. The summed E-state index contributed by atoms with van der Waals surface area (Å²) in [6, 6.07) is 11.0. The van der Waals surface area contributed by atoms with Crippen LogP contribution in [0.5, 0.6) is 0 Å². The van der Waals surface area contributed by atoms with Crippen molar-refractivity contribution in [1.82, 2.24) is 4.98 Å². The Labute approximate surface area is 92.3 Å². The standard InChI is InChI=1S/C11H6Cl2N/c12-9-5-4-8(7-10(9)13)11-3-1-2-6-14-11/h1-5,7H. The Morgan fingerprint density at radius 2 is 1.93 bits per heavy atom. The molecule has 0 fully saturated rings. The lowest BCUT2D eigenvalue weighted by Gasteiger charge is -2.01. The van der Waals surface area contributed by atoms with Crippen molar-refractivity contribution >= 4 is 23.2 Å². The van der Waals surface area contributed by atoms with Crippen molar-refractivity contribution in [3.63, 3.8) is 0 Å². The van der Waals surface area contributed by atoms with Gasteiger partial charge in [0.05, 0.1) is 21.9 Å². The van der Waals surface area contributed by atoms with Gasteiger partial charge in [-0.25, -0.2) is 4.98 Å². The van der Waals surface area contributed by atoms with Crippen molar-refractivity contribution in [3.8, 4) is 11.3 Å². The third kappa shape index (κ3) is 1.89. The Bertz CT molecular complexity index is 440. The Kier molecular flexibility index (Phi) is 2.71. The van der Waals surface area contributed by atoms with Crippen LogP contribution in [0.2, 0.25) is 10.0 Å². The van der Waals surface area contributed by atoms with E-state index < -0.39 is 0 Å². The van der Waals surface area contributed by atoms with Gasteiger partial charge in [0, 0.05) is 5.56 Å². The quantitative estimate of drug-likeness (QED) is 0.715. The summed E-state index contributed by atoms with van der Waals surface area (Å²) < 4.78 is 0. The molecule has 1 radical (unpaired) electrons. The van der Waals surface area contributed by atoms with Gasteiger partial charge in [-0.3, -0.25) is 0 Å². The van der Waals surface area contributed by atoms with Crippen molar-refractivity contribution in [2.24, 2.45) is 0 Å². The van der Waals surface area contributed by atoms with E-state index in [9.17, 15) is 0 Å². The molecule has 0 aliphatic rings. The predicted octanol–water partition coefficient (Wildman–Crippen LogP) is 3.86. The monoisotopic (exact) mass is 222 g/mol. The van der Waals surface area contributed by atoms with Gasteiger partial charge in [-0.1, -0.05) is 35.3 Å². The van der Waals surface area contributed by atoms with Gasteiger partial charge in [-0.15, -0.1) is 0 Å². The molecule has 0 saturated heterocycles. The van der Waals surface area contributed by atoms with Crippen LogP contribution in [0.25, 0.3) is 11.3 Å². The van der Waals surface area contributed by atoms with E-state index in [1.54, 1.807) is 18.2 Å². The van der Waals surface area contributed by atoms with Crippen LogP contribution < -0.4 is 0 Å². The molecule has 2 aromatic rings. The fourth-order valence-corrected chi connectivity index (χ4v) is 1.44. The summed E-state index contributed by atoms with van der Waals surface area (Å²) in [7, 11) is 0. The SMILES string of the molecule is Clc1ccc(-c2ccc[c]n2)cc1Cl. The molecule has 69 valence electrons. The third-order valence-corrected chi connectivity index (χ3v) is 2.56. The lowest BCUT2D eigenvalue weighted by molar-refractivity contribution is 1.31. The first-order chi connectivity index (χ1) is 6.77. The van der Waals surface area contributed by atoms with Crippen LogP contribution in [-0.2, 0) is 0 Å². The van der Waals surface area contributed by atoms with Crippen molar-refractivity contribution < 1.29 is 0 Å². The summed E-state index contributed by atoms with van der Waals surface area (Å²) in [5.74, 6) is 0. The second kappa shape index (κ2) is 3.99. The summed E-state index contributed by atoms with van der Waals surface area (Å²) in [6.07, 6.45) is 2.77. The molecular formula is C11H6Cl2N. The van der Waals surface area contributed by atoms with Gasteiger partial charge in [-0.05, 0) is 24.3 Å². The van der Waals surface area contributed by atoms with E-state index in [4.69, 9.17) is 23.2 Å². The highest BCUT2D eigenvalue weighted by Gasteiger charge is 2.01. The molecule has 0 saturated carbocycles. The summed E-state index contributed by atoms with van der Waals surface area (Å²) in [5, 5.41) is 1.09. The second-order valence-electron chi connectivity index (χ2n) is 2.78. The number of nitrogens with zero attached hydrogens (tertiary/aromatic N) is 1. The zero-order valence-corrected chi connectivity index (χ0v) is 8.68. The van der Waals surface area contributed by atoms with E-state index in [0.717, 1.165) is 11.3 Å². The van der Waals surface area contributed by atoms with Crippen LogP contribution in [0.1, 0.15) is 0 Å². The van der Waals surface area contributed by atoms with Crippen LogP contribution in [0.3, 0.4) is 0 Å². The van der Waals surface area contributed by atoms with Crippen molar-refractivity contribution in [1.29, 1.82) is 0 Å². The Morgan fingerprint density at radius 1 is 1.07 bits per heavy atom. The first-order valence-corrected chi connectivity index (χ1v) is 4.81. The molecule has 0 aliphatic carbocycles. The van der Waals surface area contributed by atoms with Crippen LogP contribution in [0.4, 0.5) is 0 Å². The summed E-state index contributed by atoms with van der Waals surface area (Å²) in [6.45, 7) is 0. The maximum absolute atomic E-state index is 5.89. The van der Waals surface area contributed by atoms with E-state index in [-0.39, 0.29) is 0 Å². The number of benzene rings is 1. The van der Waals surface area contributed by atoms with Crippen LogP contribution in [0.15, 0.2) is 36.4 Å². The van der Waals surface area contributed by atoms with Crippen molar-refractivity contribution in [2.45, 2.75) is 0 Å². The predicted molar refractivity (Wildman–Crippen MR) is 58.5 cm³/mol. The van der Waals surface area contributed by atoms with Gasteiger partial charge in [-0.2, -0.15) is 0 Å². The van der Waals surface area contributed by atoms with Crippen LogP contribution in [-0.4, -0.2) is 4.98 Å². The van der Waals surface area contributed by atoms with Gasteiger partial charge in [0.2, 0.25) is 0 Å². The zero-order chi connectivity index (χ0) is 9.97. The number of pyridine rings is 1. The molecule has 1 heterocycles. The molecule has 0 aliphatic heterocycles. The normalized spacial score (nSPS) is 10.1. The smallest absolute Gasteiger partial charge is 0.0893 e. The first-order valence-electron chi connectivity index (χ1n) is 4.06. The van der Waals surface area contributed by atoms with Crippen LogP contribution >= 0.6 is 23.2 Å². The number of aromatic nitrogens is 1. The Hall–Kier alpha value is -1.05. The number of rotatable bonds is 1. The zero-order valence-electron chi connectivity index (χ0n) is 7.17. The molecular weight excluding hydrogens is 217 g/mol. The molecule has 0 amide bonds. The molecule has 1 aromatic carbocycles. The van der Waals surface area contributed by atoms with E-state index in [0.29, 0.717) is 10.0 Å². The van der Waals surface area contributed by atoms with Gasteiger partial charge >= 0.3 is 0 Å². The molecule has 0 spiro atoms. The molecule has 0 unspecified atom stereocenters. The minimum Gasteiger partial charge on any atom is -0.246 e. The maximum Gasteiger partial charge on any atom is 0.0893 e. The maximum atomic E-state index is 5.89. The van der Waals surface area contributed by atoms with E-state index in [1.807, 2.05) is 18.2 Å². The summed E-state index contributed by atoms with van der Waals surface area (Å²) in [4.78, 5) is 4.09. The largest absolute Gasteiger partial charge is 0.246 e. The van der Waals surface area contributed by atoms with Crippen LogP contribution in [0, 0.1) is 6.20 Å². The van der Waals surface area contributed by atoms with Gasteiger partial charge < -0.3 is 0 Å². The number of halogens is 2. The van der Waals surface area contributed by atoms with Crippen molar-refractivity contribution in [2.75, 3.05) is 0 Å². The highest BCUT2D eigenvalue weighted by atomic mass is 35.5. The Balaban J connectivity index is 2.48. The van der Waals surface area contributed by atoms with E-state index >= 15 is 0 Å². The molecule has 0 atom stereocenters. The van der Waals surface area contributed by atoms with E-state index in [2.05, 4.69) is 11.2 Å². The van der Waals surface area contributed by atoms with Gasteiger partial charge in [0.25, 0.3) is 0 Å². The average molecular weight is 223 g/mol. The molecule has 14 heavy (non-hydrogen) atoms. The fourth-order valence-electron chi connectivity index (χ4n) is 1.14. The molecule has 1 aromatic heterocycles. The lowest BCUT2D eigenvalue weighted by atomic mass is 10.1. The van der Waals surface area contributed by atoms with Gasteiger partial charge in [0.1, 0.15) is 0 Å². The first kappa shape index (κ1) is 9.50. The Morgan fingerprint density at radius 3 is 2.57 bits per heavy atom. The molecule has 2 rings (SSSR count). The third-order valence-electron chi connectivity index (χ3n) is 1.83. The van der Waals surface area contributed by atoms with Crippen molar-refractivity contribution in [3.05, 3.63) is 52.6 Å². The van der Waals surface area contributed by atoms with Gasteiger partial charge in [0.15, 0.2) is 0 Å². The van der Waals surface area contributed by atoms with E-state index in [1.165, 1.54) is 0 Å². The number of hydrogen-bond donors (Lipinski definition) is 0. The highest BCUT2D eigenvalue weighted by molar-refractivity contribution is 6.42. The number of hydrogen-bond acceptors (Lipinski definition) is 1. The highest BCUT2D eigenvalue weighted by Crippen LogP contribution is 2.27. The molecule has 1 nitrogen and oxygen atoms in total. The lowest BCUT2D eigenvalue weighted by Crippen LogP contribution is -1.81. The topological polar surface area (TPSA) is 12.9 Å². The molecule has 0 bridgehead atoms. The molecule has 0 N–H and O–H groups in total.